The van der Waals surface area contributed by atoms with Crippen LogP contribution < -0.4 is 60.6 Å². The van der Waals surface area contributed by atoms with Gasteiger partial charge in [-0.05, 0) is 31.7 Å². The first kappa shape index (κ1) is 80.7. The maximum Gasteiger partial charge on any atom is 0.404 e. The fourth-order valence-corrected chi connectivity index (χ4v) is 12.1. The predicted molar refractivity (Wildman–Crippen MR) is 346 cm³/mol. The summed E-state index contributed by atoms with van der Waals surface area (Å²) in [6.45, 7) is 3.18. The summed E-state index contributed by atoms with van der Waals surface area (Å²) in [5.41, 5.74) is 28.1. The third-order valence-corrected chi connectivity index (χ3v) is 18.2. The molecular weight excluding hydrogens is 1370 g/mol. The molecule has 2 saturated heterocycles. The minimum absolute atomic E-state index is 0. The third-order valence-electron chi connectivity index (χ3n) is 15.3. The van der Waals surface area contributed by atoms with Crippen LogP contribution in [0.5, 0.6) is 0 Å². The van der Waals surface area contributed by atoms with Crippen LogP contribution in [0.4, 0.5) is 10.6 Å². The van der Waals surface area contributed by atoms with Crippen LogP contribution in [0.3, 0.4) is 0 Å². The molecule has 6 rings (SSSR count). The standard InChI is InChI=1S/C55H83N17O21S3.ClH/c1-20-33(69-46(72-44(20)58)25(12-31(57)76)64-13-24(56)45(59)82)50(86)71-35(41(26-14-61-19-65-26)91-54-43(39(80)37(78)29(15-73)90-54)92-53-40(81)42(93-55(60)88)38(79)30(16-74)89-53)51(87)66-22(3)36(77)21(2)47(83)70-34(23(4)75)49(85)63-10-8-32-67-28(18-94-32)52-68-27(17-95-52)48(84)62-9-7-11-96(5)6;/h14,17-19,21-25,29-30,34-43,53-54,64,73-75,77-81H,7-13,15-16,56H2,1-6H3,(H13-,57,58,59,60,61,62,63,65,66,69,70,71,72,76,82,83,84,85,86,87,88);1H/p+1/t21-,22+,23+,24-,25-,29-,30-,34-,35-,36-,37-,38-,39+,40-,41-,42+,43-,53-,54-;/m0./s1. The molecule has 6 heterocycles. The van der Waals surface area contributed by atoms with Gasteiger partial charge in [0.05, 0.1) is 85.2 Å². The molecule has 97 heavy (non-hydrogen) atoms. The van der Waals surface area contributed by atoms with E-state index in [0.29, 0.717) is 22.3 Å². The van der Waals surface area contributed by atoms with Crippen LogP contribution in [0.25, 0.3) is 10.7 Å². The molecule has 2 aliphatic heterocycles. The Morgan fingerprint density at radius 3 is 2.08 bits per heavy atom. The molecule has 0 aliphatic carbocycles. The van der Waals surface area contributed by atoms with Crippen molar-refractivity contribution in [2.45, 2.75) is 157 Å². The molecule has 4 aromatic rings. The number of thiazole rings is 2. The average molecular weight is 1450 g/mol. The van der Waals surface area contributed by atoms with E-state index >= 15 is 4.79 Å². The normalized spacial score (nSPS) is 23.8. The van der Waals surface area contributed by atoms with Crippen LogP contribution >= 0.6 is 35.1 Å². The van der Waals surface area contributed by atoms with Crippen LogP contribution in [0, 0.1) is 12.8 Å². The van der Waals surface area contributed by atoms with Gasteiger partial charge in [0.2, 0.25) is 29.5 Å². The Morgan fingerprint density at radius 2 is 1.46 bits per heavy atom. The van der Waals surface area contributed by atoms with Crippen molar-refractivity contribution in [1.82, 2.24) is 61.8 Å². The molecule has 0 radical (unpaired) electrons. The monoisotopic (exact) mass is 1450 g/mol. The number of aliphatic hydroxyl groups is 8. The van der Waals surface area contributed by atoms with Gasteiger partial charge in [-0.15, -0.1) is 35.1 Å². The van der Waals surface area contributed by atoms with Gasteiger partial charge in [-0.25, -0.2) is 29.7 Å². The summed E-state index contributed by atoms with van der Waals surface area (Å²) in [5, 5.41) is 108. The van der Waals surface area contributed by atoms with E-state index in [9.17, 15) is 74.4 Å². The molecule has 2 aliphatic rings. The topological polar surface area (TPSA) is 627 Å². The molecule has 0 unspecified atom stereocenters. The average Bonchev–Trinajstić information content (AvgIpc) is 1.16. The van der Waals surface area contributed by atoms with E-state index in [1.807, 2.05) is 0 Å². The van der Waals surface area contributed by atoms with E-state index in [-0.39, 0.29) is 77.3 Å². The van der Waals surface area contributed by atoms with Gasteiger partial charge < -0.3 is 130 Å². The Kier molecular flexibility index (Phi) is 31.0. The van der Waals surface area contributed by atoms with E-state index in [0.717, 1.165) is 24.7 Å². The number of imidazole rings is 1. The number of nitrogen functional groups attached to an aromatic ring is 1. The highest BCUT2D eigenvalue weighted by Crippen LogP contribution is 2.35. The lowest BCUT2D eigenvalue weighted by atomic mass is 9.96. The largest absolute Gasteiger partial charge is 0.441 e. The maximum atomic E-state index is 15.2. The molecule has 0 spiro atoms. The summed E-state index contributed by atoms with van der Waals surface area (Å²) in [7, 11) is 0.254. The molecule has 4 aromatic heterocycles. The lowest BCUT2D eigenvalue weighted by Crippen LogP contribution is -2.65. The van der Waals surface area contributed by atoms with Crippen molar-refractivity contribution in [2.24, 2.45) is 28.9 Å². The summed E-state index contributed by atoms with van der Waals surface area (Å²) >= 11 is 2.52. The lowest BCUT2D eigenvalue weighted by Gasteiger charge is -2.47. The van der Waals surface area contributed by atoms with Crippen molar-refractivity contribution in [3.63, 3.8) is 0 Å². The molecular formula is C55H85ClN17O21S3+. The van der Waals surface area contributed by atoms with Gasteiger partial charge in [0.25, 0.3) is 11.8 Å². The van der Waals surface area contributed by atoms with E-state index in [1.54, 1.807) is 10.8 Å². The number of rotatable bonds is 35. The van der Waals surface area contributed by atoms with Gasteiger partial charge in [-0.2, -0.15) is 0 Å². The number of carbonyl (C=O) groups excluding carboxylic acids is 8. The summed E-state index contributed by atoms with van der Waals surface area (Å²) in [6.07, 6.45) is -20.0. The summed E-state index contributed by atoms with van der Waals surface area (Å²) < 4.78 is 28.7. The number of nitrogens with two attached hydrogens (primary N) is 5. The van der Waals surface area contributed by atoms with E-state index < -0.39 is 183 Å². The number of nitrogens with zero attached hydrogens (tertiary/aromatic N) is 5. The first-order chi connectivity index (χ1) is 45.3. The number of hydrogen-bond donors (Lipinski definition) is 20. The number of hydrogen-bond acceptors (Lipinski definition) is 31. The lowest BCUT2D eigenvalue weighted by molar-refractivity contribution is -0.372. The number of ether oxygens (including phenoxy) is 5. The first-order valence-electron chi connectivity index (χ1n) is 29.8. The Balaban J connectivity index is 0.0000170. The molecule has 38 nitrogen and oxygen atoms in total. The van der Waals surface area contributed by atoms with Gasteiger partial charge in [-0.1, -0.05) is 6.92 Å². The molecule has 0 aromatic carbocycles. The van der Waals surface area contributed by atoms with Gasteiger partial charge in [0.1, 0.15) is 100 Å². The zero-order valence-corrected chi connectivity index (χ0v) is 56.5. The fraction of sp³-hybridized carbons (Fsp3) is 0.618. The molecule has 540 valence electrons. The van der Waals surface area contributed by atoms with E-state index in [4.69, 9.17) is 52.4 Å². The second-order valence-corrected chi connectivity index (χ2v) is 27.0. The van der Waals surface area contributed by atoms with Gasteiger partial charge in [0.15, 0.2) is 18.7 Å². The summed E-state index contributed by atoms with van der Waals surface area (Å²) in [4.78, 5) is 131. The third kappa shape index (κ3) is 21.7. The quantitative estimate of drug-likeness (QED) is 0.0150. The highest BCUT2D eigenvalue weighted by molar-refractivity contribution is 7.95. The molecule has 2 fully saturated rings. The van der Waals surface area contributed by atoms with Crippen LogP contribution in [-0.2, 0) is 65.0 Å². The van der Waals surface area contributed by atoms with Crippen molar-refractivity contribution < 1.29 is 103 Å². The molecule has 19 atom stereocenters. The number of nitrogens with one attached hydrogen (secondary N) is 7. The minimum atomic E-state index is -2.20. The fourth-order valence-electron chi connectivity index (χ4n) is 9.80. The number of aliphatic hydroxyl groups excluding tert-OH is 8. The summed E-state index contributed by atoms with van der Waals surface area (Å²) in [6, 6.07) is -7.85. The zero-order chi connectivity index (χ0) is 71.0. The van der Waals surface area contributed by atoms with E-state index in [1.165, 1.54) is 50.4 Å². The number of halogens is 1. The smallest absolute Gasteiger partial charge is 0.404 e. The van der Waals surface area contributed by atoms with Crippen LogP contribution in [-0.4, -0.2) is 267 Å². The number of anilines is 1. The Morgan fingerprint density at radius 1 is 0.784 bits per heavy atom. The second kappa shape index (κ2) is 37.3. The molecule has 0 saturated carbocycles. The highest BCUT2D eigenvalue weighted by Gasteiger charge is 2.54. The van der Waals surface area contributed by atoms with Gasteiger partial charge >= 0.3 is 6.09 Å². The molecule has 8 amide bonds. The van der Waals surface area contributed by atoms with Crippen molar-refractivity contribution in [2.75, 3.05) is 56.8 Å². The number of primary amides is 3. The second-order valence-electron chi connectivity index (χ2n) is 22.8. The van der Waals surface area contributed by atoms with Crippen molar-refractivity contribution in [3.05, 3.63) is 56.8 Å². The molecule has 42 heteroatoms. The van der Waals surface area contributed by atoms with Gasteiger partial charge in [0, 0.05) is 55.2 Å². The number of amides is 8. The van der Waals surface area contributed by atoms with Gasteiger partial charge in [-0.3, -0.25) is 33.6 Å². The van der Waals surface area contributed by atoms with Crippen LogP contribution in [0.1, 0.15) is 88.8 Å². The Bertz CT molecular complexity index is 3290. The molecule has 25 N–H and O–H groups in total. The van der Waals surface area contributed by atoms with E-state index in [2.05, 4.69) is 74.3 Å². The zero-order valence-electron chi connectivity index (χ0n) is 53.3. The van der Waals surface area contributed by atoms with Crippen LogP contribution in [0.15, 0.2) is 23.3 Å². The number of carbonyl (C=O) groups is 8. The number of aromatic nitrogens is 6. The number of aromatic amines is 1. The minimum Gasteiger partial charge on any atom is -0.441 e. The van der Waals surface area contributed by atoms with Crippen molar-refractivity contribution in [3.8, 4) is 10.7 Å². The highest BCUT2D eigenvalue weighted by atomic mass is 35.5. The van der Waals surface area contributed by atoms with Crippen LogP contribution in [0.2, 0.25) is 0 Å². The predicted octanol–water partition coefficient (Wildman–Crippen LogP) is -7.28. The van der Waals surface area contributed by atoms with Crippen molar-refractivity contribution in [1.29, 1.82) is 0 Å². The van der Waals surface area contributed by atoms with Crippen molar-refractivity contribution >= 4 is 99.2 Å². The Hall–Kier alpha value is -7.01. The Labute approximate surface area is 571 Å². The molecule has 0 bridgehead atoms. The maximum absolute atomic E-state index is 15.2. The first-order valence-corrected chi connectivity index (χ1v) is 33.8. The SMILES string of the molecule is Cc1c(N)nc([C@H](CC(N)=O)NC[C@H](N)C(N)=O)nc1C(=O)N[C@H](C(=O)N[C@H](C)[C@@H](O)[C@H](C)C(=O)N[C@H](C(=O)NCCc1nc(-c2nc(C(=O)NCCC[S+](C)C)cs2)cs1)[C@@H](C)O)[C@@H](O[C@@H]1O[C@@H](CO)[C@H](O)[C@@H](O)[C@@H]1O[C@@H]1O[C@@H](CO)[C@H](O)[C@@H](OC(N)=O)[C@@H]1O)c1cnc[nH]1.Cl. The summed E-state index contributed by atoms with van der Waals surface area (Å²) in [5.74, 6) is -7.69. The number of H-pyrrole nitrogens is 1.